The molecule has 1 heterocycles. The van der Waals surface area contributed by atoms with Crippen molar-refractivity contribution in [3.05, 3.63) is 30.2 Å². The molecule has 2 rings (SSSR count). The fourth-order valence-corrected chi connectivity index (χ4v) is 2.12. The summed E-state index contributed by atoms with van der Waals surface area (Å²) in [6.45, 7) is 4.81. The highest BCUT2D eigenvalue weighted by molar-refractivity contribution is 5.89. The Kier molecular flexibility index (Phi) is 6.10. The Morgan fingerprint density at radius 3 is 2.52 bits per heavy atom. The minimum Gasteiger partial charge on any atom is -0.421 e. The summed E-state index contributed by atoms with van der Waals surface area (Å²) in [4.78, 5) is 13.7. The fraction of sp³-hybridized carbons (Fsp3) is 0.438. The van der Waals surface area contributed by atoms with Crippen LogP contribution < -0.4 is 5.32 Å². The zero-order valence-corrected chi connectivity index (χ0v) is 13.5. The van der Waals surface area contributed by atoms with Gasteiger partial charge >= 0.3 is 6.03 Å². The number of nitrogens with zero attached hydrogens (tertiary/aromatic N) is 3. The van der Waals surface area contributed by atoms with Gasteiger partial charge in [0.05, 0.1) is 6.61 Å². The van der Waals surface area contributed by atoms with Gasteiger partial charge in [0.25, 0.3) is 0 Å². The molecular weight excluding hydrogens is 296 g/mol. The van der Waals surface area contributed by atoms with E-state index >= 15 is 0 Å². The molecule has 1 aromatic carbocycles. The summed E-state index contributed by atoms with van der Waals surface area (Å²) in [6, 6.07) is 6.98. The van der Waals surface area contributed by atoms with Crippen molar-refractivity contribution in [2.45, 2.75) is 26.7 Å². The van der Waals surface area contributed by atoms with E-state index in [2.05, 4.69) is 15.5 Å². The van der Waals surface area contributed by atoms with Crippen LogP contribution in [-0.2, 0) is 6.42 Å². The lowest BCUT2D eigenvalue weighted by Crippen LogP contribution is -2.37. The van der Waals surface area contributed by atoms with Crippen molar-refractivity contribution in [1.82, 2.24) is 15.1 Å². The first kappa shape index (κ1) is 17.0. The SMILES string of the molecule is CCCN(CCO)C(=O)Nc1ccc(-c2nnc(CC)o2)cc1. The monoisotopic (exact) mass is 318 g/mol. The molecule has 0 atom stereocenters. The van der Waals surface area contributed by atoms with Crippen LogP contribution in [0.25, 0.3) is 11.5 Å². The van der Waals surface area contributed by atoms with E-state index in [0.29, 0.717) is 37.0 Å². The molecule has 1 aromatic heterocycles. The molecule has 0 saturated heterocycles. The molecule has 124 valence electrons. The number of hydrogen-bond donors (Lipinski definition) is 2. The molecule has 0 radical (unpaired) electrons. The normalized spacial score (nSPS) is 10.6. The Bertz CT molecular complexity index is 619. The molecule has 0 spiro atoms. The van der Waals surface area contributed by atoms with Crippen molar-refractivity contribution in [2.24, 2.45) is 0 Å². The first-order valence-corrected chi connectivity index (χ1v) is 7.77. The Labute approximate surface area is 135 Å². The maximum atomic E-state index is 12.2. The number of nitrogens with one attached hydrogen (secondary N) is 1. The standard InChI is InChI=1S/C16H22N4O3/c1-3-9-20(10-11-21)16(22)17-13-7-5-12(6-8-13)15-19-18-14(4-2)23-15/h5-8,21H,3-4,9-11H2,1-2H3,(H,17,22). The molecule has 0 aliphatic heterocycles. The van der Waals surface area contributed by atoms with Crippen molar-refractivity contribution >= 4 is 11.7 Å². The third-order valence-corrected chi connectivity index (χ3v) is 3.30. The van der Waals surface area contributed by atoms with Gasteiger partial charge in [0, 0.05) is 30.8 Å². The predicted molar refractivity (Wildman–Crippen MR) is 87.1 cm³/mol. The minimum atomic E-state index is -0.222. The molecule has 0 bridgehead atoms. The van der Waals surface area contributed by atoms with Crippen LogP contribution in [0.15, 0.2) is 28.7 Å². The highest BCUT2D eigenvalue weighted by Gasteiger charge is 2.12. The second-order valence-corrected chi connectivity index (χ2v) is 5.07. The van der Waals surface area contributed by atoms with Gasteiger partial charge in [0.2, 0.25) is 11.8 Å². The highest BCUT2D eigenvalue weighted by atomic mass is 16.4. The van der Waals surface area contributed by atoms with Crippen LogP contribution in [0, 0.1) is 0 Å². The van der Waals surface area contributed by atoms with E-state index < -0.39 is 0 Å². The maximum Gasteiger partial charge on any atom is 0.321 e. The average Bonchev–Trinajstić information content (AvgIpc) is 3.04. The number of aliphatic hydroxyl groups excluding tert-OH is 1. The van der Waals surface area contributed by atoms with Crippen molar-refractivity contribution in [2.75, 3.05) is 25.0 Å². The van der Waals surface area contributed by atoms with Gasteiger partial charge in [0.1, 0.15) is 0 Å². The van der Waals surface area contributed by atoms with E-state index in [9.17, 15) is 4.79 Å². The van der Waals surface area contributed by atoms with Gasteiger partial charge in [-0.05, 0) is 30.7 Å². The van der Waals surface area contributed by atoms with E-state index in [4.69, 9.17) is 9.52 Å². The summed E-state index contributed by atoms with van der Waals surface area (Å²) in [5, 5.41) is 19.7. The van der Waals surface area contributed by atoms with Crippen LogP contribution in [0.2, 0.25) is 0 Å². The number of carbonyl (C=O) groups excluding carboxylic acids is 1. The number of hydrogen-bond acceptors (Lipinski definition) is 5. The van der Waals surface area contributed by atoms with Crippen molar-refractivity contribution in [3.63, 3.8) is 0 Å². The van der Waals surface area contributed by atoms with Crippen molar-refractivity contribution < 1.29 is 14.3 Å². The second kappa shape index (κ2) is 8.28. The van der Waals surface area contributed by atoms with Gasteiger partial charge in [-0.25, -0.2) is 4.79 Å². The number of aromatic nitrogens is 2. The van der Waals surface area contributed by atoms with E-state index in [1.54, 1.807) is 17.0 Å². The lowest BCUT2D eigenvalue weighted by Gasteiger charge is -2.21. The predicted octanol–water partition coefficient (Wildman–Crippen LogP) is 2.54. The molecular formula is C16H22N4O3. The van der Waals surface area contributed by atoms with Crippen molar-refractivity contribution in [3.8, 4) is 11.5 Å². The Morgan fingerprint density at radius 1 is 1.22 bits per heavy atom. The molecule has 7 nitrogen and oxygen atoms in total. The zero-order chi connectivity index (χ0) is 16.7. The highest BCUT2D eigenvalue weighted by Crippen LogP contribution is 2.20. The van der Waals surface area contributed by atoms with Gasteiger partial charge < -0.3 is 19.7 Å². The lowest BCUT2D eigenvalue weighted by molar-refractivity contribution is 0.188. The minimum absolute atomic E-state index is 0.0523. The van der Waals surface area contributed by atoms with E-state index in [0.717, 1.165) is 12.0 Å². The number of benzene rings is 1. The van der Waals surface area contributed by atoms with Gasteiger partial charge in [-0.1, -0.05) is 13.8 Å². The van der Waals surface area contributed by atoms with Crippen LogP contribution in [0.4, 0.5) is 10.5 Å². The van der Waals surface area contributed by atoms with Gasteiger partial charge in [0.15, 0.2) is 0 Å². The summed E-state index contributed by atoms with van der Waals surface area (Å²) >= 11 is 0. The van der Waals surface area contributed by atoms with Crippen LogP contribution >= 0.6 is 0 Å². The van der Waals surface area contributed by atoms with Crippen molar-refractivity contribution in [1.29, 1.82) is 0 Å². The quantitative estimate of drug-likeness (QED) is 0.818. The number of anilines is 1. The van der Waals surface area contributed by atoms with Crippen LogP contribution in [0.5, 0.6) is 0 Å². The topological polar surface area (TPSA) is 91.5 Å². The molecule has 2 N–H and O–H groups in total. The van der Waals surface area contributed by atoms with E-state index in [1.807, 2.05) is 26.0 Å². The Balaban J connectivity index is 2.02. The molecule has 2 amide bonds. The number of amides is 2. The summed E-state index contributed by atoms with van der Waals surface area (Å²) in [7, 11) is 0. The van der Waals surface area contributed by atoms with Gasteiger partial charge in [-0.3, -0.25) is 0 Å². The molecule has 23 heavy (non-hydrogen) atoms. The molecule has 0 aliphatic carbocycles. The van der Waals surface area contributed by atoms with Crippen LogP contribution in [0.1, 0.15) is 26.2 Å². The Morgan fingerprint density at radius 2 is 1.96 bits per heavy atom. The molecule has 0 aliphatic rings. The third-order valence-electron chi connectivity index (χ3n) is 3.30. The molecule has 0 unspecified atom stereocenters. The fourth-order valence-electron chi connectivity index (χ4n) is 2.12. The van der Waals surface area contributed by atoms with Crippen LogP contribution in [-0.4, -0.2) is 45.9 Å². The smallest absolute Gasteiger partial charge is 0.321 e. The first-order chi connectivity index (χ1) is 11.2. The number of aryl methyl sites for hydroxylation is 1. The first-order valence-electron chi connectivity index (χ1n) is 7.77. The summed E-state index contributed by atoms with van der Waals surface area (Å²) in [6.07, 6.45) is 1.53. The maximum absolute atomic E-state index is 12.2. The van der Waals surface area contributed by atoms with Crippen LogP contribution in [0.3, 0.4) is 0 Å². The number of urea groups is 1. The number of aliphatic hydroxyl groups is 1. The average molecular weight is 318 g/mol. The second-order valence-electron chi connectivity index (χ2n) is 5.07. The molecule has 2 aromatic rings. The van der Waals surface area contributed by atoms with Gasteiger partial charge in [-0.2, -0.15) is 0 Å². The van der Waals surface area contributed by atoms with E-state index in [1.165, 1.54) is 0 Å². The lowest BCUT2D eigenvalue weighted by atomic mass is 10.2. The zero-order valence-electron chi connectivity index (χ0n) is 13.5. The number of carbonyl (C=O) groups is 1. The summed E-state index contributed by atoms with van der Waals surface area (Å²) in [5.74, 6) is 1.06. The third kappa shape index (κ3) is 4.53. The summed E-state index contributed by atoms with van der Waals surface area (Å²) < 4.78 is 5.50. The molecule has 0 saturated carbocycles. The largest absolute Gasteiger partial charge is 0.421 e. The summed E-state index contributed by atoms with van der Waals surface area (Å²) in [5.41, 5.74) is 1.48. The van der Waals surface area contributed by atoms with E-state index in [-0.39, 0.29) is 12.6 Å². The Hall–Kier alpha value is -2.41. The number of rotatable bonds is 7. The van der Waals surface area contributed by atoms with Gasteiger partial charge in [-0.15, -0.1) is 10.2 Å². The molecule has 0 fully saturated rings. The molecule has 7 heteroatoms.